The summed E-state index contributed by atoms with van der Waals surface area (Å²) in [5.74, 6) is -0.528. The number of carbonyl (C=O) groups is 1. The summed E-state index contributed by atoms with van der Waals surface area (Å²) in [5, 5.41) is 10.7. The Labute approximate surface area is 100 Å². The minimum atomic E-state index is -0.614. The molecule has 0 N–H and O–H groups in total. The van der Waals surface area contributed by atoms with E-state index in [9.17, 15) is 19.3 Å². The number of anilines is 1. The minimum absolute atomic E-state index is 0.150. The molecule has 1 heterocycles. The lowest BCUT2D eigenvalue weighted by Gasteiger charge is -2.15. The van der Waals surface area contributed by atoms with Gasteiger partial charge in [0.05, 0.1) is 10.7 Å². The van der Waals surface area contributed by atoms with Crippen LogP contribution in [0.3, 0.4) is 0 Å². The van der Waals surface area contributed by atoms with Gasteiger partial charge in [-0.2, -0.15) is 0 Å². The van der Waals surface area contributed by atoms with Crippen molar-refractivity contribution >= 4 is 23.4 Å². The highest BCUT2D eigenvalue weighted by Crippen LogP contribution is 2.33. The van der Waals surface area contributed by atoms with Crippen molar-refractivity contribution in [3.05, 3.63) is 51.4 Å². The molecule has 0 aromatic heterocycles. The van der Waals surface area contributed by atoms with Gasteiger partial charge in [-0.3, -0.25) is 19.8 Å². The maximum Gasteiger partial charge on any atom is 0.265 e. The van der Waals surface area contributed by atoms with Crippen LogP contribution in [0.5, 0.6) is 0 Å². The van der Waals surface area contributed by atoms with Crippen LogP contribution in [-0.4, -0.2) is 16.6 Å². The molecule has 0 aliphatic carbocycles. The summed E-state index contributed by atoms with van der Waals surface area (Å²) in [7, 11) is 0. The van der Waals surface area contributed by atoms with E-state index in [-0.39, 0.29) is 16.7 Å². The highest BCUT2D eigenvalue weighted by molar-refractivity contribution is 8.04. The van der Waals surface area contributed by atoms with Crippen molar-refractivity contribution in [1.82, 2.24) is 0 Å². The molecule has 1 amide bonds. The highest BCUT2D eigenvalue weighted by atomic mass is 32.2. The molecule has 7 heteroatoms. The lowest BCUT2D eigenvalue weighted by Crippen LogP contribution is -2.24. The van der Waals surface area contributed by atoms with Crippen LogP contribution in [0, 0.1) is 15.9 Å². The minimum Gasteiger partial charge on any atom is -0.273 e. The number of nitrogens with zero attached hydrogens (tertiary/aromatic N) is 2. The predicted molar refractivity (Wildman–Crippen MR) is 61.4 cm³/mol. The summed E-state index contributed by atoms with van der Waals surface area (Å²) in [6.45, 7) is 0. The van der Waals surface area contributed by atoms with Gasteiger partial charge in [-0.05, 0) is 24.3 Å². The summed E-state index contributed by atoms with van der Waals surface area (Å²) in [6.07, 6.45) is 0.777. The molecule has 1 aliphatic rings. The zero-order chi connectivity index (χ0) is 12.4. The van der Waals surface area contributed by atoms with Gasteiger partial charge in [-0.1, -0.05) is 11.8 Å². The molecule has 0 bridgehead atoms. The van der Waals surface area contributed by atoms with E-state index in [0.29, 0.717) is 5.69 Å². The molecule has 0 radical (unpaired) electrons. The summed E-state index contributed by atoms with van der Waals surface area (Å²) >= 11 is 1.09. The Kier molecular flexibility index (Phi) is 3.10. The molecule has 0 spiro atoms. The van der Waals surface area contributed by atoms with Crippen molar-refractivity contribution in [2.45, 2.75) is 0 Å². The Balaban J connectivity index is 2.37. The van der Waals surface area contributed by atoms with Gasteiger partial charge in [-0.15, -0.1) is 0 Å². The Morgan fingerprint density at radius 1 is 1.41 bits per heavy atom. The van der Waals surface area contributed by atoms with Crippen LogP contribution in [0.15, 0.2) is 35.5 Å². The van der Waals surface area contributed by atoms with Crippen molar-refractivity contribution in [3.63, 3.8) is 0 Å². The third-order valence-corrected chi connectivity index (χ3v) is 3.09. The fraction of sp³-hybridized carbons (Fsp3) is 0.100. The number of nitro groups is 1. The summed E-state index contributed by atoms with van der Waals surface area (Å²) in [5.41, 5.74) is 0.425. The molecular formula is C10H7FN2O3S. The number of halogens is 1. The highest BCUT2D eigenvalue weighted by Gasteiger charge is 2.30. The first-order valence-corrected chi connectivity index (χ1v) is 5.63. The van der Waals surface area contributed by atoms with Gasteiger partial charge < -0.3 is 0 Å². The monoisotopic (exact) mass is 254 g/mol. The first-order chi connectivity index (χ1) is 8.08. The summed E-state index contributed by atoms with van der Waals surface area (Å²) in [4.78, 5) is 22.6. The second-order valence-electron chi connectivity index (χ2n) is 3.25. The molecule has 88 valence electrons. The molecule has 1 aromatic rings. The first-order valence-electron chi connectivity index (χ1n) is 4.64. The number of benzene rings is 1. The van der Waals surface area contributed by atoms with E-state index in [1.54, 1.807) is 0 Å². The zero-order valence-corrected chi connectivity index (χ0v) is 9.32. The van der Waals surface area contributed by atoms with Gasteiger partial charge in [-0.25, -0.2) is 4.39 Å². The second-order valence-corrected chi connectivity index (χ2v) is 4.24. The number of carbonyl (C=O) groups excluding carboxylic acids is 1. The largest absolute Gasteiger partial charge is 0.273 e. The third-order valence-electron chi connectivity index (χ3n) is 2.11. The SMILES string of the molecule is O=C1CS/C(=C\[N+](=O)[O-])N1c1ccc(F)cc1. The summed E-state index contributed by atoms with van der Waals surface area (Å²) in [6, 6.07) is 5.23. The van der Waals surface area contributed by atoms with Crippen molar-refractivity contribution in [2.24, 2.45) is 0 Å². The maximum atomic E-state index is 12.7. The van der Waals surface area contributed by atoms with E-state index in [2.05, 4.69) is 0 Å². The molecule has 0 atom stereocenters. The molecule has 0 unspecified atom stereocenters. The first kappa shape index (κ1) is 11.6. The van der Waals surface area contributed by atoms with Crippen molar-refractivity contribution in [2.75, 3.05) is 10.7 Å². The normalized spacial score (nSPS) is 17.8. The number of hydrogen-bond donors (Lipinski definition) is 0. The van der Waals surface area contributed by atoms with Crippen LogP contribution >= 0.6 is 11.8 Å². The van der Waals surface area contributed by atoms with E-state index in [1.165, 1.54) is 29.2 Å². The summed E-state index contributed by atoms with van der Waals surface area (Å²) < 4.78 is 12.7. The van der Waals surface area contributed by atoms with E-state index >= 15 is 0 Å². The Morgan fingerprint density at radius 2 is 2.06 bits per heavy atom. The van der Waals surface area contributed by atoms with Gasteiger partial charge in [0, 0.05) is 5.69 Å². The van der Waals surface area contributed by atoms with Gasteiger partial charge in [0.1, 0.15) is 5.82 Å². The van der Waals surface area contributed by atoms with Crippen LogP contribution in [-0.2, 0) is 4.79 Å². The third kappa shape index (κ3) is 2.44. The van der Waals surface area contributed by atoms with Crippen molar-refractivity contribution in [1.29, 1.82) is 0 Å². The van der Waals surface area contributed by atoms with Crippen LogP contribution in [0.25, 0.3) is 0 Å². The van der Waals surface area contributed by atoms with Gasteiger partial charge in [0.25, 0.3) is 6.20 Å². The molecule has 0 saturated carbocycles. The quantitative estimate of drug-likeness (QED) is 0.598. The van der Waals surface area contributed by atoms with Crippen LogP contribution < -0.4 is 4.90 Å². The van der Waals surface area contributed by atoms with Gasteiger partial charge >= 0.3 is 0 Å². The standard InChI is InChI=1S/C10H7FN2O3S/c11-7-1-3-8(4-2-7)13-9(14)6-17-10(13)5-12(15)16/h1-5H,6H2/b10-5-. The number of hydrogen-bond acceptors (Lipinski definition) is 4. The Morgan fingerprint density at radius 3 is 2.65 bits per heavy atom. The van der Waals surface area contributed by atoms with Crippen molar-refractivity contribution < 1.29 is 14.1 Å². The fourth-order valence-corrected chi connectivity index (χ4v) is 2.33. The average Bonchev–Trinajstić information content (AvgIpc) is 2.61. The second kappa shape index (κ2) is 4.54. The lowest BCUT2D eigenvalue weighted by atomic mass is 10.3. The van der Waals surface area contributed by atoms with E-state index in [0.717, 1.165) is 18.0 Å². The smallest absolute Gasteiger partial charge is 0.265 e. The molecule has 1 aliphatic heterocycles. The Hall–Kier alpha value is -1.89. The van der Waals surface area contributed by atoms with Crippen LogP contribution in [0.2, 0.25) is 0 Å². The van der Waals surface area contributed by atoms with Crippen LogP contribution in [0.1, 0.15) is 0 Å². The number of amides is 1. The van der Waals surface area contributed by atoms with E-state index in [1.807, 2.05) is 0 Å². The molecule has 1 aromatic carbocycles. The topological polar surface area (TPSA) is 63.4 Å². The average molecular weight is 254 g/mol. The molecule has 1 saturated heterocycles. The lowest BCUT2D eigenvalue weighted by molar-refractivity contribution is -0.402. The fourth-order valence-electron chi connectivity index (χ4n) is 1.43. The van der Waals surface area contributed by atoms with Gasteiger partial charge in [0.2, 0.25) is 5.91 Å². The molecule has 1 fully saturated rings. The predicted octanol–water partition coefficient (Wildman–Crippen LogP) is 1.98. The van der Waals surface area contributed by atoms with E-state index in [4.69, 9.17) is 0 Å². The van der Waals surface area contributed by atoms with Crippen LogP contribution in [0.4, 0.5) is 10.1 Å². The molecule has 2 rings (SSSR count). The van der Waals surface area contributed by atoms with Crippen molar-refractivity contribution in [3.8, 4) is 0 Å². The van der Waals surface area contributed by atoms with E-state index < -0.39 is 10.7 Å². The Bertz CT molecular complexity index is 501. The number of rotatable bonds is 2. The molecular weight excluding hydrogens is 247 g/mol. The maximum absolute atomic E-state index is 12.7. The number of thioether (sulfide) groups is 1. The molecule has 5 nitrogen and oxygen atoms in total. The zero-order valence-electron chi connectivity index (χ0n) is 8.50. The molecule has 17 heavy (non-hydrogen) atoms. The van der Waals surface area contributed by atoms with Gasteiger partial charge in [0.15, 0.2) is 5.03 Å².